The van der Waals surface area contributed by atoms with Crippen molar-refractivity contribution in [3.63, 3.8) is 0 Å². The molecule has 0 aromatic carbocycles. The molecule has 0 bridgehead atoms. The van der Waals surface area contributed by atoms with Crippen LogP contribution in [0.3, 0.4) is 0 Å². The molecule has 2 N–H and O–H groups in total. The van der Waals surface area contributed by atoms with Crippen LogP contribution in [0, 0.1) is 5.92 Å². The molecule has 3 rings (SSSR count). The third-order valence-electron chi connectivity index (χ3n) is 5.25. The lowest BCUT2D eigenvalue weighted by atomic mass is 10.2. The Labute approximate surface area is 192 Å². The number of carbonyl (C=O) groups excluding carboxylic acids is 2. The van der Waals surface area contributed by atoms with E-state index >= 15 is 0 Å². The molecule has 186 valence electrons. The molecule has 2 aromatic rings. The van der Waals surface area contributed by atoms with Gasteiger partial charge >= 0.3 is 6.18 Å². The Bertz CT molecular complexity index is 1160. The highest BCUT2D eigenvalue weighted by Gasteiger charge is 2.38. The number of nitrogens with zero attached hydrogens (tertiary/aromatic N) is 4. The summed E-state index contributed by atoms with van der Waals surface area (Å²) in [5.41, 5.74) is -1.53. The van der Waals surface area contributed by atoms with Crippen LogP contribution in [-0.4, -0.2) is 74.5 Å². The summed E-state index contributed by atoms with van der Waals surface area (Å²) in [6.07, 6.45) is -0.727. The highest BCUT2D eigenvalue weighted by molar-refractivity contribution is 5.97. The molecule has 2 aromatic heterocycles. The molecule has 1 fully saturated rings. The summed E-state index contributed by atoms with van der Waals surface area (Å²) in [6.45, 7) is 6.20. The summed E-state index contributed by atoms with van der Waals surface area (Å²) >= 11 is 0. The van der Waals surface area contributed by atoms with Crippen molar-refractivity contribution in [1.82, 2.24) is 24.4 Å². The van der Waals surface area contributed by atoms with Gasteiger partial charge in [-0.25, -0.2) is 0 Å². The SMILES string of the molecule is CC(C)Cn1c(O)c(C(=O)N[C@@H](C)C(F)(F)F)c(=O)n2ncc(/C=C/C(=O)N3CCOCC3)c12. The first-order valence-corrected chi connectivity index (χ1v) is 10.7. The molecule has 0 radical (unpaired) electrons. The molecule has 2 amide bonds. The van der Waals surface area contributed by atoms with Crippen molar-refractivity contribution in [2.45, 2.75) is 39.5 Å². The average Bonchev–Trinajstić information content (AvgIpc) is 3.19. The number of hydrogen-bond acceptors (Lipinski definition) is 6. The number of hydrogen-bond donors (Lipinski definition) is 2. The van der Waals surface area contributed by atoms with Gasteiger partial charge in [0.05, 0.1) is 19.4 Å². The molecule has 0 saturated carbocycles. The first-order chi connectivity index (χ1) is 15.9. The number of aromatic nitrogens is 3. The first kappa shape index (κ1) is 25.3. The van der Waals surface area contributed by atoms with Crippen molar-refractivity contribution < 1.29 is 32.6 Å². The van der Waals surface area contributed by atoms with Crippen LogP contribution >= 0.6 is 0 Å². The van der Waals surface area contributed by atoms with E-state index in [4.69, 9.17) is 4.74 Å². The number of nitrogens with one attached hydrogen (secondary N) is 1. The number of morpholine rings is 1. The summed E-state index contributed by atoms with van der Waals surface area (Å²) in [5.74, 6) is -2.51. The van der Waals surface area contributed by atoms with E-state index in [0.717, 1.165) is 11.4 Å². The van der Waals surface area contributed by atoms with Crippen LogP contribution in [-0.2, 0) is 16.1 Å². The molecule has 0 spiro atoms. The molecule has 13 heteroatoms. The predicted octanol–water partition coefficient (Wildman–Crippen LogP) is 1.41. The molecule has 10 nitrogen and oxygen atoms in total. The van der Waals surface area contributed by atoms with Crippen molar-refractivity contribution in [3.8, 4) is 5.88 Å². The summed E-state index contributed by atoms with van der Waals surface area (Å²) in [4.78, 5) is 39.5. The lowest BCUT2D eigenvalue weighted by Gasteiger charge is -2.25. The summed E-state index contributed by atoms with van der Waals surface area (Å²) in [7, 11) is 0. The monoisotopic (exact) mass is 485 g/mol. The minimum atomic E-state index is -4.73. The Hall–Kier alpha value is -3.35. The number of alkyl halides is 3. The fourth-order valence-electron chi connectivity index (χ4n) is 3.47. The van der Waals surface area contributed by atoms with Gasteiger partial charge in [-0.1, -0.05) is 13.8 Å². The summed E-state index contributed by atoms with van der Waals surface area (Å²) in [5, 5.41) is 16.4. The van der Waals surface area contributed by atoms with Crippen molar-refractivity contribution in [2.75, 3.05) is 26.3 Å². The zero-order valence-electron chi connectivity index (χ0n) is 18.9. The molecule has 1 aliphatic rings. The molecule has 1 aliphatic heterocycles. The Morgan fingerprint density at radius 3 is 2.50 bits per heavy atom. The molecular formula is C21H26F3N5O5. The second-order valence-corrected chi connectivity index (χ2v) is 8.35. The molecule has 0 unspecified atom stereocenters. The van der Waals surface area contributed by atoms with E-state index in [1.165, 1.54) is 22.9 Å². The Morgan fingerprint density at radius 1 is 1.26 bits per heavy atom. The van der Waals surface area contributed by atoms with E-state index in [2.05, 4.69) is 5.10 Å². The highest BCUT2D eigenvalue weighted by atomic mass is 19.4. The van der Waals surface area contributed by atoms with Crippen LogP contribution in [0.15, 0.2) is 17.1 Å². The second kappa shape index (κ2) is 9.87. The smallest absolute Gasteiger partial charge is 0.408 e. The quantitative estimate of drug-likeness (QED) is 0.598. The van der Waals surface area contributed by atoms with Crippen LogP contribution in [0.4, 0.5) is 13.2 Å². The lowest BCUT2D eigenvalue weighted by Crippen LogP contribution is -2.45. The van der Waals surface area contributed by atoms with Crippen molar-refractivity contribution in [1.29, 1.82) is 0 Å². The van der Waals surface area contributed by atoms with E-state index in [1.807, 2.05) is 13.8 Å². The molecule has 1 atom stereocenters. The Morgan fingerprint density at radius 2 is 1.91 bits per heavy atom. The van der Waals surface area contributed by atoms with Crippen LogP contribution < -0.4 is 10.9 Å². The lowest BCUT2D eigenvalue weighted by molar-refractivity contribution is -0.149. The minimum absolute atomic E-state index is 0.0797. The fraction of sp³-hybridized carbons (Fsp3) is 0.524. The van der Waals surface area contributed by atoms with Gasteiger partial charge in [-0.3, -0.25) is 19.0 Å². The average molecular weight is 485 g/mol. The van der Waals surface area contributed by atoms with Crippen LogP contribution in [0.2, 0.25) is 0 Å². The third kappa shape index (κ3) is 5.24. The number of fused-ring (bicyclic) bond motifs is 1. The van der Waals surface area contributed by atoms with Gasteiger partial charge in [-0.05, 0) is 18.9 Å². The topological polar surface area (TPSA) is 118 Å². The summed E-state index contributed by atoms with van der Waals surface area (Å²) < 4.78 is 46.0. The zero-order chi connectivity index (χ0) is 25.2. The van der Waals surface area contributed by atoms with Gasteiger partial charge in [-0.2, -0.15) is 22.8 Å². The number of aromatic hydroxyl groups is 1. The van der Waals surface area contributed by atoms with E-state index in [1.54, 1.807) is 10.2 Å². The van der Waals surface area contributed by atoms with E-state index in [-0.39, 0.29) is 24.0 Å². The van der Waals surface area contributed by atoms with Gasteiger partial charge in [0.15, 0.2) is 5.56 Å². The van der Waals surface area contributed by atoms with Crippen LogP contribution in [0.5, 0.6) is 5.88 Å². The third-order valence-corrected chi connectivity index (χ3v) is 5.25. The normalized spacial score (nSPS) is 15.9. The van der Waals surface area contributed by atoms with E-state index in [0.29, 0.717) is 31.9 Å². The van der Waals surface area contributed by atoms with Crippen molar-refractivity contribution in [2.24, 2.45) is 5.92 Å². The Kier molecular flexibility index (Phi) is 7.34. The van der Waals surface area contributed by atoms with E-state index < -0.39 is 35.1 Å². The molecular weight excluding hydrogens is 459 g/mol. The van der Waals surface area contributed by atoms with Gasteiger partial charge in [-0.15, -0.1) is 0 Å². The summed E-state index contributed by atoms with van der Waals surface area (Å²) in [6, 6.07) is -2.24. The molecule has 34 heavy (non-hydrogen) atoms. The maximum Gasteiger partial charge on any atom is 0.408 e. The minimum Gasteiger partial charge on any atom is -0.494 e. The van der Waals surface area contributed by atoms with Gasteiger partial charge < -0.3 is 20.1 Å². The van der Waals surface area contributed by atoms with Gasteiger partial charge in [0.25, 0.3) is 11.5 Å². The standard InChI is InChI=1S/C21H26F3N5O5/c1-12(2)11-28-18-14(4-5-15(30)27-6-8-34-9-7-27)10-25-29(18)20(33)16(19(28)32)17(31)26-13(3)21(22,23)24/h4-5,10,12-13,32H,6-9,11H2,1-3H3,(H,26,31)/b5-4+/t13-/m0/s1. The molecule has 0 aliphatic carbocycles. The second-order valence-electron chi connectivity index (χ2n) is 8.35. The number of amides is 2. The number of rotatable bonds is 6. The van der Waals surface area contributed by atoms with Gasteiger partial charge in [0.1, 0.15) is 11.7 Å². The maximum atomic E-state index is 12.9. The van der Waals surface area contributed by atoms with Gasteiger partial charge in [0, 0.05) is 31.3 Å². The predicted molar refractivity (Wildman–Crippen MR) is 115 cm³/mol. The van der Waals surface area contributed by atoms with Crippen LogP contribution in [0.1, 0.15) is 36.7 Å². The highest BCUT2D eigenvalue weighted by Crippen LogP contribution is 2.24. The number of ether oxygens (including phenoxy) is 1. The largest absolute Gasteiger partial charge is 0.494 e. The maximum absolute atomic E-state index is 12.9. The molecule has 1 saturated heterocycles. The fourth-order valence-corrected chi connectivity index (χ4v) is 3.47. The Balaban J connectivity index is 2.06. The van der Waals surface area contributed by atoms with Crippen LogP contribution in [0.25, 0.3) is 11.7 Å². The number of carbonyl (C=O) groups is 2. The molecule has 3 heterocycles. The van der Waals surface area contributed by atoms with E-state index in [9.17, 15) is 32.7 Å². The first-order valence-electron chi connectivity index (χ1n) is 10.7. The van der Waals surface area contributed by atoms with Gasteiger partial charge in [0.2, 0.25) is 11.8 Å². The zero-order valence-corrected chi connectivity index (χ0v) is 18.9. The van der Waals surface area contributed by atoms with Crippen molar-refractivity contribution >= 4 is 23.5 Å². The number of halogens is 3. The van der Waals surface area contributed by atoms with Crippen molar-refractivity contribution in [3.05, 3.63) is 33.8 Å².